The number of rotatable bonds is 3. The molecule has 2 aliphatic heterocycles. The van der Waals surface area contributed by atoms with E-state index in [1.165, 1.54) is 57.1 Å². The van der Waals surface area contributed by atoms with E-state index in [0.29, 0.717) is 5.41 Å². The lowest BCUT2D eigenvalue weighted by molar-refractivity contribution is 0.309. The molecule has 3 aliphatic rings. The average molecular weight is 469 g/mol. The van der Waals surface area contributed by atoms with E-state index < -0.39 is 0 Å². The highest BCUT2D eigenvalue weighted by Gasteiger charge is 2.41. The van der Waals surface area contributed by atoms with Crippen LogP contribution in [0.15, 0.2) is 23.3 Å². The number of likely N-dealkylation sites (tertiary alicyclic amines) is 1. The molecule has 4 rings (SSSR count). The third-order valence-electron chi connectivity index (χ3n) is 6.30. The van der Waals surface area contributed by atoms with Crippen molar-refractivity contribution in [2.24, 2.45) is 10.4 Å². The fourth-order valence-electron chi connectivity index (χ4n) is 4.85. The average Bonchev–Trinajstić information content (AvgIpc) is 3.40. The second kappa shape index (κ2) is 8.76. The normalized spacial score (nSPS) is 22.1. The molecule has 3 heterocycles. The topological polar surface area (TPSA) is 43.8 Å². The minimum absolute atomic E-state index is 0. The molecule has 2 saturated heterocycles. The highest BCUT2D eigenvalue weighted by molar-refractivity contribution is 14.0. The van der Waals surface area contributed by atoms with Gasteiger partial charge >= 0.3 is 0 Å². The second-order valence-corrected chi connectivity index (χ2v) is 8.00. The first kappa shape index (κ1) is 19.7. The van der Waals surface area contributed by atoms with E-state index in [0.717, 1.165) is 38.0 Å². The van der Waals surface area contributed by atoms with Crippen LogP contribution in [0.4, 0.5) is 5.82 Å². The van der Waals surface area contributed by atoms with Crippen LogP contribution in [0.3, 0.4) is 0 Å². The summed E-state index contributed by atoms with van der Waals surface area (Å²) in [7, 11) is 1.91. The van der Waals surface area contributed by atoms with Gasteiger partial charge in [0.1, 0.15) is 5.82 Å². The highest BCUT2D eigenvalue weighted by Crippen LogP contribution is 2.45. The molecule has 0 radical (unpaired) electrons. The van der Waals surface area contributed by atoms with Gasteiger partial charge in [-0.3, -0.25) is 4.99 Å². The number of hydrogen-bond donors (Lipinski definition) is 1. The maximum absolute atomic E-state index is 4.55. The van der Waals surface area contributed by atoms with Crippen LogP contribution >= 0.6 is 24.0 Å². The van der Waals surface area contributed by atoms with E-state index >= 15 is 0 Å². The third kappa shape index (κ3) is 4.26. The van der Waals surface area contributed by atoms with Gasteiger partial charge < -0.3 is 15.1 Å². The van der Waals surface area contributed by atoms with Gasteiger partial charge in [0.25, 0.3) is 0 Å². The quantitative estimate of drug-likeness (QED) is 0.417. The first-order valence-corrected chi connectivity index (χ1v) is 9.94. The Hall–Kier alpha value is -1.05. The van der Waals surface area contributed by atoms with Gasteiger partial charge in [-0.15, -0.1) is 24.0 Å². The lowest BCUT2D eigenvalue weighted by atomic mass is 9.86. The molecule has 1 N–H and O–H groups in total. The minimum Gasteiger partial charge on any atom is -0.357 e. The number of nitrogens with zero attached hydrogens (tertiary/aromatic N) is 4. The Bertz CT molecular complexity index is 620. The van der Waals surface area contributed by atoms with Gasteiger partial charge in [-0.1, -0.05) is 12.8 Å². The zero-order chi connectivity index (χ0) is 17.1. The van der Waals surface area contributed by atoms with Crippen LogP contribution in [0.5, 0.6) is 0 Å². The van der Waals surface area contributed by atoms with Gasteiger partial charge in [-0.05, 0) is 55.2 Å². The SMILES string of the molecule is CN=C(NCc1ccnc(N2CCCC2)c1)N1CCC2(CCCC2)C1.I. The van der Waals surface area contributed by atoms with Crippen LogP contribution in [-0.4, -0.2) is 49.1 Å². The molecular formula is C20H32IN5. The molecule has 1 aromatic heterocycles. The zero-order valence-corrected chi connectivity index (χ0v) is 18.2. The summed E-state index contributed by atoms with van der Waals surface area (Å²) in [6, 6.07) is 4.34. The van der Waals surface area contributed by atoms with Crippen molar-refractivity contribution in [1.82, 2.24) is 15.2 Å². The van der Waals surface area contributed by atoms with Crippen LogP contribution in [0, 0.1) is 5.41 Å². The Kier molecular flexibility index (Phi) is 6.64. The summed E-state index contributed by atoms with van der Waals surface area (Å²) in [5.74, 6) is 2.18. The Labute approximate surface area is 174 Å². The number of aromatic nitrogens is 1. The molecule has 6 heteroatoms. The molecule has 26 heavy (non-hydrogen) atoms. The number of pyridine rings is 1. The van der Waals surface area contributed by atoms with Gasteiger partial charge in [0.15, 0.2) is 5.96 Å². The minimum atomic E-state index is 0. The summed E-state index contributed by atoms with van der Waals surface area (Å²) in [5.41, 5.74) is 1.87. The smallest absolute Gasteiger partial charge is 0.193 e. The number of anilines is 1. The fraction of sp³-hybridized carbons (Fsp3) is 0.700. The number of nitrogens with one attached hydrogen (secondary N) is 1. The monoisotopic (exact) mass is 469 g/mol. The van der Waals surface area contributed by atoms with E-state index in [-0.39, 0.29) is 24.0 Å². The molecule has 0 bridgehead atoms. The van der Waals surface area contributed by atoms with E-state index in [9.17, 15) is 0 Å². The van der Waals surface area contributed by atoms with Gasteiger partial charge in [0.2, 0.25) is 0 Å². The lowest BCUT2D eigenvalue weighted by Crippen LogP contribution is -2.40. The molecule has 1 saturated carbocycles. The molecule has 1 aromatic rings. The van der Waals surface area contributed by atoms with E-state index in [1.54, 1.807) is 0 Å². The molecule has 5 nitrogen and oxygen atoms in total. The van der Waals surface area contributed by atoms with E-state index in [1.807, 2.05) is 13.2 Å². The molecule has 0 atom stereocenters. The van der Waals surface area contributed by atoms with Crippen LogP contribution < -0.4 is 10.2 Å². The van der Waals surface area contributed by atoms with Crippen molar-refractivity contribution < 1.29 is 0 Å². The molecule has 3 fully saturated rings. The summed E-state index contributed by atoms with van der Waals surface area (Å²) in [6.07, 6.45) is 11.5. The molecule has 1 spiro atoms. The van der Waals surface area contributed by atoms with Crippen molar-refractivity contribution in [1.29, 1.82) is 0 Å². The predicted molar refractivity (Wildman–Crippen MR) is 118 cm³/mol. The standard InChI is InChI=1S/C20H31N5.HI/c1-21-19(25-13-9-20(16-25)7-2-3-8-20)23-15-17-6-10-22-18(14-17)24-11-4-5-12-24;/h6,10,14H,2-5,7-9,11-13,15-16H2,1H3,(H,21,23);1H. The van der Waals surface area contributed by atoms with E-state index in [4.69, 9.17) is 0 Å². The maximum Gasteiger partial charge on any atom is 0.193 e. The van der Waals surface area contributed by atoms with Gasteiger partial charge in [0, 0.05) is 46.0 Å². The van der Waals surface area contributed by atoms with Crippen LogP contribution in [0.25, 0.3) is 0 Å². The summed E-state index contributed by atoms with van der Waals surface area (Å²) in [5, 5.41) is 3.58. The van der Waals surface area contributed by atoms with Crippen molar-refractivity contribution >= 4 is 35.8 Å². The van der Waals surface area contributed by atoms with Gasteiger partial charge in [-0.25, -0.2) is 4.98 Å². The Morgan fingerprint density at radius 1 is 1.15 bits per heavy atom. The molecule has 144 valence electrons. The second-order valence-electron chi connectivity index (χ2n) is 8.00. The van der Waals surface area contributed by atoms with Crippen molar-refractivity contribution in [2.75, 3.05) is 38.1 Å². The van der Waals surface area contributed by atoms with Gasteiger partial charge in [0.05, 0.1) is 0 Å². The Balaban J connectivity index is 0.00000196. The van der Waals surface area contributed by atoms with Crippen LogP contribution in [-0.2, 0) is 6.54 Å². The van der Waals surface area contributed by atoms with Crippen molar-refractivity contribution in [3.05, 3.63) is 23.9 Å². The molecule has 0 unspecified atom stereocenters. The first-order valence-electron chi connectivity index (χ1n) is 9.94. The maximum atomic E-state index is 4.55. The Morgan fingerprint density at radius 2 is 1.92 bits per heavy atom. The molecular weight excluding hydrogens is 437 g/mol. The number of aliphatic imine (C=N–C) groups is 1. The molecule has 0 amide bonds. The van der Waals surface area contributed by atoms with Crippen molar-refractivity contribution in [3.63, 3.8) is 0 Å². The fourth-order valence-corrected chi connectivity index (χ4v) is 4.85. The summed E-state index contributed by atoms with van der Waals surface area (Å²) >= 11 is 0. The summed E-state index contributed by atoms with van der Waals surface area (Å²) < 4.78 is 0. The number of halogens is 1. The summed E-state index contributed by atoms with van der Waals surface area (Å²) in [4.78, 5) is 14.0. The largest absolute Gasteiger partial charge is 0.357 e. The molecule has 1 aliphatic carbocycles. The summed E-state index contributed by atoms with van der Waals surface area (Å²) in [6.45, 7) is 5.43. The van der Waals surface area contributed by atoms with Gasteiger partial charge in [-0.2, -0.15) is 0 Å². The van der Waals surface area contributed by atoms with Crippen LogP contribution in [0.2, 0.25) is 0 Å². The van der Waals surface area contributed by atoms with Crippen molar-refractivity contribution in [2.45, 2.75) is 51.5 Å². The zero-order valence-electron chi connectivity index (χ0n) is 15.9. The lowest BCUT2D eigenvalue weighted by Gasteiger charge is -2.26. The van der Waals surface area contributed by atoms with Crippen LogP contribution in [0.1, 0.15) is 50.5 Å². The third-order valence-corrected chi connectivity index (χ3v) is 6.30. The predicted octanol–water partition coefficient (Wildman–Crippen LogP) is 3.64. The molecule has 0 aromatic carbocycles. The van der Waals surface area contributed by atoms with E-state index in [2.05, 4.69) is 37.2 Å². The number of hydrogen-bond acceptors (Lipinski definition) is 3. The van der Waals surface area contributed by atoms with Crippen molar-refractivity contribution in [3.8, 4) is 0 Å². The number of guanidine groups is 1. The Morgan fingerprint density at radius 3 is 2.65 bits per heavy atom. The first-order chi connectivity index (χ1) is 12.3. The highest BCUT2D eigenvalue weighted by atomic mass is 127.